The number of aromatic nitrogens is 2. The first kappa shape index (κ1) is 22.4. The van der Waals surface area contributed by atoms with Crippen LogP contribution in [-0.2, 0) is 11.2 Å². The topological polar surface area (TPSA) is 143 Å². The van der Waals surface area contributed by atoms with E-state index in [1.165, 1.54) is 29.8 Å². The third kappa shape index (κ3) is 4.94. The number of carbonyl (C=O) groups excluding carboxylic acids is 1. The van der Waals surface area contributed by atoms with Gasteiger partial charge < -0.3 is 14.8 Å². The molecule has 0 saturated heterocycles. The quantitative estimate of drug-likeness (QED) is 0.208. The Morgan fingerprint density at radius 1 is 1.17 bits per heavy atom. The first-order valence-electron chi connectivity index (χ1n) is 11.5. The Bertz CT molecular complexity index is 1300. The summed E-state index contributed by atoms with van der Waals surface area (Å²) in [5.41, 5.74) is 4.08. The maximum absolute atomic E-state index is 12.1. The number of hydrogen-bond acceptors (Lipinski definition) is 8. The van der Waals surface area contributed by atoms with E-state index >= 15 is 0 Å². The van der Waals surface area contributed by atoms with Crippen LogP contribution in [0.15, 0.2) is 48.5 Å². The molecule has 3 atom stereocenters. The number of carbonyl (C=O) groups is 1. The first-order valence-corrected chi connectivity index (χ1v) is 11.5. The molecule has 2 aliphatic rings. The molecule has 2 aromatic carbocycles. The van der Waals surface area contributed by atoms with Gasteiger partial charge in [0, 0.05) is 29.8 Å². The van der Waals surface area contributed by atoms with Crippen LogP contribution in [0.3, 0.4) is 0 Å². The van der Waals surface area contributed by atoms with Crippen LogP contribution in [0, 0.1) is 21.4 Å². The van der Waals surface area contributed by atoms with Gasteiger partial charge >= 0.3 is 6.16 Å². The summed E-state index contributed by atoms with van der Waals surface area (Å²) < 4.78 is 10.6. The number of nitrogens with zero attached hydrogens (tertiary/aromatic N) is 3. The van der Waals surface area contributed by atoms with E-state index < -0.39 is 11.1 Å². The highest BCUT2D eigenvalue weighted by molar-refractivity contribution is 5.64. The molecule has 0 bridgehead atoms. The molecule has 0 aliphatic heterocycles. The molecule has 178 valence electrons. The normalized spacial score (nSPS) is 20.6. The summed E-state index contributed by atoms with van der Waals surface area (Å²) in [5, 5.41) is 30.8. The fraction of sp³-hybridized carbons (Fsp3) is 0.320. The Kier molecular flexibility index (Phi) is 6.06. The maximum atomic E-state index is 12.1. The van der Waals surface area contributed by atoms with Gasteiger partial charge in [0.05, 0.1) is 22.6 Å². The highest BCUT2D eigenvalue weighted by Crippen LogP contribution is 2.37. The predicted octanol–water partition coefficient (Wildman–Crippen LogP) is 5.47. The minimum atomic E-state index is -0.830. The van der Waals surface area contributed by atoms with Crippen LogP contribution in [0.4, 0.5) is 22.0 Å². The van der Waals surface area contributed by atoms with E-state index in [0.717, 1.165) is 42.0 Å². The Labute approximate surface area is 201 Å². The SMILES string of the molecule is N#CC1CCc2cc(Nc3cc([C@H]4CC[C@@H](OC(=O)Oc5ccc([N+](=O)[O-])cc5)C4)n[nH]3)ccc21. The lowest BCUT2D eigenvalue weighted by Gasteiger charge is -2.12. The molecule has 3 aromatic rings. The number of nitro benzene ring substituents is 1. The van der Waals surface area contributed by atoms with E-state index in [-0.39, 0.29) is 29.4 Å². The summed E-state index contributed by atoms with van der Waals surface area (Å²) in [6.07, 6.45) is 2.82. The van der Waals surface area contributed by atoms with Crippen molar-refractivity contribution in [2.45, 2.75) is 50.0 Å². The number of aromatic amines is 1. The van der Waals surface area contributed by atoms with Crippen molar-refractivity contribution >= 4 is 23.3 Å². The van der Waals surface area contributed by atoms with Crippen LogP contribution in [0.5, 0.6) is 5.75 Å². The number of H-pyrrole nitrogens is 1. The summed E-state index contributed by atoms with van der Waals surface area (Å²) in [6.45, 7) is 0. The van der Waals surface area contributed by atoms with Crippen molar-refractivity contribution in [1.29, 1.82) is 5.26 Å². The van der Waals surface area contributed by atoms with Crippen LogP contribution in [-0.4, -0.2) is 27.4 Å². The Morgan fingerprint density at radius 2 is 2.00 bits per heavy atom. The van der Waals surface area contributed by atoms with Gasteiger partial charge in [-0.25, -0.2) is 4.79 Å². The molecular formula is C25H23N5O5. The van der Waals surface area contributed by atoms with E-state index in [1.54, 1.807) is 0 Å². The molecule has 2 aliphatic carbocycles. The number of aryl methyl sites for hydroxylation is 1. The highest BCUT2D eigenvalue weighted by Gasteiger charge is 2.31. The monoisotopic (exact) mass is 473 g/mol. The summed E-state index contributed by atoms with van der Waals surface area (Å²) in [6, 6.07) is 15.7. The zero-order valence-electron chi connectivity index (χ0n) is 18.8. The number of fused-ring (bicyclic) bond motifs is 1. The minimum Gasteiger partial charge on any atom is -0.431 e. The second kappa shape index (κ2) is 9.46. The van der Waals surface area contributed by atoms with Gasteiger partial charge in [-0.2, -0.15) is 10.4 Å². The summed E-state index contributed by atoms with van der Waals surface area (Å²) in [4.78, 5) is 22.3. The second-order valence-electron chi connectivity index (χ2n) is 8.82. The smallest absolute Gasteiger partial charge is 0.431 e. The van der Waals surface area contributed by atoms with E-state index in [9.17, 15) is 20.2 Å². The van der Waals surface area contributed by atoms with Crippen molar-refractivity contribution in [3.8, 4) is 11.8 Å². The highest BCUT2D eigenvalue weighted by atomic mass is 16.7. The van der Waals surface area contributed by atoms with Gasteiger partial charge in [0.2, 0.25) is 0 Å². The number of nitriles is 1. The third-order valence-corrected chi connectivity index (χ3v) is 6.57. The second-order valence-corrected chi connectivity index (χ2v) is 8.82. The zero-order chi connectivity index (χ0) is 24.4. The van der Waals surface area contributed by atoms with E-state index in [0.29, 0.717) is 12.8 Å². The molecule has 1 unspecified atom stereocenters. The Morgan fingerprint density at radius 3 is 2.77 bits per heavy atom. The van der Waals surface area contributed by atoms with Crippen LogP contribution in [0.25, 0.3) is 0 Å². The van der Waals surface area contributed by atoms with Gasteiger partial charge in [0.25, 0.3) is 5.69 Å². The molecule has 1 saturated carbocycles. The van der Waals surface area contributed by atoms with Gasteiger partial charge in [-0.3, -0.25) is 15.2 Å². The number of benzene rings is 2. The molecule has 10 heteroatoms. The number of ether oxygens (including phenoxy) is 2. The van der Waals surface area contributed by atoms with E-state index in [4.69, 9.17) is 9.47 Å². The van der Waals surface area contributed by atoms with Crippen molar-refractivity contribution in [3.05, 3.63) is 75.5 Å². The van der Waals surface area contributed by atoms with E-state index in [1.807, 2.05) is 18.2 Å². The standard InChI is InChI=1S/C25H23N5O5/c26-14-17-2-1-15-11-18(4-10-22(15)17)27-24-13-23(28-29-24)16-3-7-21(12-16)35-25(31)34-20-8-5-19(6-9-20)30(32)33/h4-6,8-11,13,16-17,21H,1-3,7,12H2,(H2,27,28,29)/t16-,17?,21+/m0/s1. The van der Waals surface area contributed by atoms with Crippen molar-refractivity contribution in [2.24, 2.45) is 0 Å². The number of anilines is 2. The number of non-ortho nitro benzene ring substituents is 1. The van der Waals surface area contributed by atoms with Crippen molar-refractivity contribution in [1.82, 2.24) is 10.2 Å². The maximum Gasteiger partial charge on any atom is 0.514 e. The van der Waals surface area contributed by atoms with Crippen LogP contribution >= 0.6 is 0 Å². The predicted molar refractivity (Wildman–Crippen MR) is 126 cm³/mol. The van der Waals surface area contributed by atoms with Crippen LogP contribution in [0.2, 0.25) is 0 Å². The van der Waals surface area contributed by atoms with Gasteiger partial charge in [0.15, 0.2) is 0 Å². The lowest BCUT2D eigenvalue weighted by molar-refractivity contribution is -0.384. The Balaban J connectivity index is 1.14. The first-order chi connectivity index (χ1) is 17.0. The lowest BCUT2D eigenvalue weighted by atomic mass is 10.0. The largest absolute Gasteiger partial charge is 0.514 e. The molecule has 10 nitrogen and oxygen atoms in total. The molecule has 2 N–H and O–H groups in total. The lowest BCUT2D eigenvalue weighted by Crippen LogP contribution is -2.18. The van der Waals surface area contributed by atoms with Crippen LogP contribution in [0.1, 0.15) is 54.3 Å². The minimum absolute atomic E-state index is 0.0123. The zero-order valence-corrected chi connectivity index (χ0v) is 18.8. The molecular weight excluding hydrogens is 450 g/mol. The summed E-state index contributed by atoms with van der Waals surface area (Å²) in [7, 11) is 0. The fourth-order valence-corrected chi connectivity index (χ4v) is 4.80. The van der Waals surface area contributed by atoms with Crippen molar-refractivity contribution < 1.29 is 19.2 Å². The van der Waals surface area contributed by atoms with Crippen molar-refractivity contribution in [3.63, 3.8) is 0 Å². The molecule has 1 fully saturated rings. The number of nitrogens with one attached hydrogen (secondary N) is 2. The van der Waals surface area contributed by atoms with Gasteiger partial charge in [0.1, 0.15) is 17.7 Å². The van der Waals surface area contributed by atoms with E-state index in [2.05, 4.69) is 27.6 Å². The number of hydrogen-bond donors (Lipinski definition) is 2. The molecule has 1 aromatic heterocycles. The number of nitro groups is 1. The molecule has 0 spiro atoms. The third-order valence-electron chi connectivity index (χ3n) is 6.57. The molecule has 0 radical (unpaired) electrons. The fourth-order valence-electron chi connectivity index (χ4n) is 4.80. The molecule has 0 amide bonds. The van der Waals surface area contributed by atoms with Crippen LogP contribution < -0.4 is 10.1 Å². The summed E-state index contributed by atoms with van der Waals surface area (Å²) in [5.74, 6) is 1.10. The summed E-state index contributed by atoms with van der Waals surface area (Å²) >= 11 is 0. The number of rotatable bonds is 6. The average molecular weight is 473 g/mol. The molecule has 1 heterocycles. The van der Waals surface area contributed by atoms with Gasteiger partial charge in [-0.15, -0.1) is 0 Å². The molecule has 5 rings (SSSR count). The average Bonchev–Trinajstić information content (AvgIpc) is 3.59. The Hall–Kier alpha value is -4.39. The van der Waals surface area contributed by atoms with Gasteiger partial charge in [-0.1, -0.05) is 6.07 Å². The van der Waals surface area contributed by atoms with Gasteiger partial charge in [-0.05, 0) is 67.5 Å². The molecule has 35 heavy (non-hydrogen) atoms. The van der Waals surface area contributed by atoms with Crippen molar-refractivity contribution in [2.75, 3.05) is 5.32 Å².